The zero-order valence-electron chi connectivity index (χ0n) is 52.2. The Morgan fingerprint density at radius 1 is 0.207 bits per heavy atom. The first-order valence-corrected chi connectivity index (χ1v) is 32.1. The van der Waals surface area contributed by atoms with Gasteiger partial charge >= 0.3 is 0 Å². The van der Waals surface area contributed by atoms with Gasteiger partial charge in [-0.05, 0) is 194 Å². The number of nitrogens with zero attached hydrogens (tertiary/aromatic N) is 2. The highest BCUT2D eigenvalue weighted by Gasteiger charge is 2.38. The van der Waals surface area contributed by atoms with Crippen LogP contribution in [0.5, 0.6) is 0 Å². The van der Waals surface area contributed by atoms with Crippen LogP contribution in [0.2, 0.25) is 0 Å². The van der Waals surface area contributed by atoms with Crippen molar-refractivity contribution in [3.8, 4) is 55.6 Å². The zero-order valence-corrected chi connectivity index (χ0v) is 52.2. The number of anilines is 6. The molecule has 2 aliphatic rings. The van der Waals surface area contributed by atoms with Crippen molar-refractivity contribution in [2.75, 3.05) is 9.80 Å². The summed E-state index contributed by atoms with van der Waals surface area (Å²) < 4.78 is 0. The molecular weight excluding hydrogens is 1110 g/mol. The van der Waals surface area contributed by atoms with E-state index in [9.17, 15) is 0 Å². The molecule has 0 aliphatic heterocycles. The maximum atomic E-state index is 2.43. The lowest BCUT2D eigenvalue weighted by Crippen LogP contribution is -2.16. The van der Waals surface area contributed by atoms with Crippen LogP contribution in [-0.4, -0.2) is 0 Å². The number of hydrogen-bond acceptors (Lipinski definition) is 2. The Kier molecular flexibility index (Phi) is 13.9. The monoisotopic (exact) mass is 1180 g/mol. The van der Waals surface area contributed by atoms with Gasteiger partial charge in [-0.2, -0.15) is 0 Å². The van der Waals surface area contributed by atoms with Gasteiger partial charge in [0.05, 0.1) is 0 Å². The summed E-state index contributed by atoms with van der Waals surface area (Å²) in [6.07, 6.45) is 8.99. The summed E-state index contributed by atoms with van der Waals surface area (Å²) in [5, 5.41) is 4.91. The molecular formula is C90H68N2. The van der Waals surface area contributed by atoms with E-state index in [4.69, 9.17) is 0 Å². The van der Waals surface area contributed by atoms with E-state index >= 15 is 0 Å². The molecule has 92 heavy (non-hydrogen) atoms. The third kappa shape index (κ3) is 10.3. The molecule has 2 nitrogen and oxygen atoms in total. The Hall–Kier alpha value is -11.3. The van der Waals surface area contributed by atoms with Crippen LogP contribution >= 0.6 is 0 Å². The van der Waals surface area contributed by atoms with Gasteiger partial charge in [-0.25, -0.2) is 0 Å². The summed E-state index contributed by atoms with van der Waals surface area (Å²) >= 11 is 0. The van der Waals surface area contributed by atoms with Gasteiger partial charge in [0.15, 0.2) is 0 Å². The molecule has 14 aromatic rings. The molecule has 16 rings (SSSR count). The highest BCUT2D eigenvalue weighted by atomic mass is 15.1. The molecule has 0 radical (unpaired) electrons. The summed E-state index contributed by atoms with van der Waals surface area (Å²) in [5.74, 6) is 0. The lowest BCUT2D eigenvalue weighted by molar-refractivity contribution is 0.660. The van der Waals surface area contributed by atoms with E-state index in [1.165, 1.54) is 122 Å². The summed E-state index contributed by atoms with van der Waals surface area (Å²) in [4.78, 5) is 4.82. The number of rotatable bonds is 13. The smallest absolute Gasteiger partial charge is 0.0468 e. The van der Waals surface area contributed by atoms with Crippen LogP contribution in [0.25, 0.3) is 101 Å². The lowest BCUT2D eigenvalue weighted by atomic mass is 9.81. The summed E-state index contributed by atoms with van der Waals surface area (Å²) in [6.45, 7) is 9.51. The fourth-order valence-corrected chi connectivity index (χ4v) is 14.3. The first kappa shape index (κ1) is 56.0. The van der Waals surface area contributed by atoms with Crippen LogP contribution in [0.3, 0.4) is 0 Å². The first-order chi connectivity index (χ1) is 45.1. The van der Waals surface area contributed by atoms with Crippen LogP contribution in [0, 0.1) is 0 Å². The van der Waals surface area contributed by atoms with E-state index < -0.39 is 0 Å². The normalized spacial score (nSPS) is 13.3. The first-order valence-electron chi connectivity index (χ1n) is 32.1. The third-order valence-corrected chi connectivity index (χ3v) is 19.4. The van der Waals surface area contributed by atoms with Crippen molar-refractivity contribution in [1.29, 1.82) is 0 Å². The van der Waals surface area contributed by atoms with Crippen molar-refractivity contribution in [3.05, 3.63) is 360 Å². The van der Waals surface area contributed by atoms with Gasteiger partial charge < -0.3 is 9.80 Å². The van der Waals surface area contributed by atoms with E-state index in [1.54, 1.807) is 0 Å². The van der Waals surface area contributed by atoms with Gasteiger partial charge in [-0.1, -0.05) is 295 Å². The second-order valence-corrected chi connectivity index (χ2v) is 25.8. The van der Waals surface area contributed by atoms with Crippen LogP contribution in [0.15, 0.2) is 315 Å². The number of hydrogen-bond donors (Lipinski definition) is 0. The summed E-state index contributed by atoms with van der Waals surface area (Å²) in [6, 6.07) is 116. The molecule has 2 aliphatic carbocycles. The Bertz CT molecular complexity index is 4840. The molecule has 0 spiro atoms. The predicted molar refractivity (Wildman–Crippen MR) is 393 cm³/mol. The molecule has 0 heterocycles. The Morgan fingerprint density at radius 2 is 0.467 bits per heavy atom. The highest BCUT2D eigenvalue weighted by Crippen LogP contribution is 2.53. The molecule has 0 bridgehead atoms. The van der Waals surface area contributed by atoms with E-state index in [0.717, 1.165) is 34.1 Å². The minimum absolute atomic E-state index is 0.204. The Labute approximate surface area is 540 Å². The van der Waals surface area contributed by atoms with Crippen molar-refractivity contribution in [3.63, 3.8) is 0 Å². The minimum Gasteiger partial charge on any atom is -0.310 e. The molecule has 0 fully saturated rings. The van der Waals surface area contributed by atoms with Crippen LogP contribution in [0.1, 0.15) is 72.2 Å². The topological polar surface area (TPSA) is 6.48 Å². The molecule has 0 amide bonds. The van der Waals surface area contributed by atoms with Crippen molar-refractivity contribution >= 4 is 80.0 Å². The molecule has 0 unspecified atom stereocenters. The SMILES string of the molecule is CC1(C)c2cc(/C=C/c3ccc(-c4ccc(/C=C/c5ccc6c(c5)C(C)(C)c5cc(N(c7ccc(-c8ccccc8)cc7)c7ccc8ccccc8c7)ccc5-6)cc4)cc3)ccc2-c2ccc(N(c3ccc(-c4ccccc4)cc3)c3ccc4ccccc4c3)cc21. The van der Waals surface area contributed by atoms with Crippen LogP contribution in [-0.2, 0) is 10.8 Å². The average Bonchev–Trinajstić information content (AvgIpc) is 1.80. The van der Waals surface area contributed by atoms with Gasteiger partial charge in [0.1, 0.15) is 0 Å². The van der Waals surface area contributed by atoms with Gasteiger partial charge in [0.25, 0.3) is 0 Å². The predicted octanol–water partition coefficient (Wildman–Crippen LogP) is 24.9. The van der Waals surface area contributed by atoms with Gasteiger partial charge in [-0.15, -0.1) is 0 Å². The third-order valence-electron chi connectivity index (χ3n) is 19.4. The Morgan fingerprint density at radius 3 is 0.848 bits per heavy atom. The van der Waals surface area contributed by atoms with E-state index in [1.807, 2.05) is 0 Å². The van der Waals surface area contributed by atoms with Gasteiger partial charge in [0, 0.05) is 45.0 Å². The molecule has 14 aromatic carbocycles. The second kappa shape index (κ2) is 22.9. The van der Waals surface area contributed by atoms with Crippen LogP contribution < -0.4 is 9.80 Å². The average molecular weight is 1180 g/mol. The Balaban J connectivity index is 0.602. The van der Waals surface area contributed by atoms with Crippen LogP contribution in [0.4, 0.5) is 34.1 Å². The van der Waals surface area contributed by atoms with E-state index in [0.29, 0.717) is 0 Å². The number of fused-ring (bicyclic) bond motifs is 8. The fourth-order valence-electron chi connectivity index (χ4n) is 14.3. The maximum absolute atomic E-state index is 2.43. The molecule has 0 atom stereocenters. The van der Waals surface area contributed by atoms with Gasteiger partial charge in [0.2, 0.25) is 0 Å². The zero-order chi connectivity index (χ0) is 61.9. The van der Waals surface area contributed by atoms with Crippen molar-refractivity contribution in [2.24, 2.45) is 0 Å². The summed E-state index contributed by atoms with van der Waals surface area (Å²) in [7, 11) is 0. The molecule has 438 valence electrons. The van der Waals surface area contributed by atoms with Gasteiger partial charge in [-0.3, -0.25) is 0 Å². The molecule has 0 saturated carbocycles. The quantitative estimate of drug-likeness (QED) is 0.106. The van der Waals surface area contributed by atoms with Crippen molar-refractivity contribution in [2.45, 2.75) is 38.5 Å². The largest absolute Gasteiger partial charge is 0.310 e. The maximum Gasteiger partial charge on any atom is 0.0468 e. The second-order valence-electron chi connectivity index (χ2n) is 25.8. The standard InChI is InChI=1S/C90H68N2/c1-89(2)85-55-63(31-51-81(85)83-53-49-79(59-87(83)89)91(77-47-41-67-19-11-13-21-73(67)57-77)75-43-37-71(38-44-75)65-15-7-5-8-16-65)25-23-61-27-33-69(34-28-61)70-35-29-62(30-36-70)24-26-64-32-52-82-84-54-50-80(60-88(84)90(3,4)86(82)56-64)92(78-48-42-68-20-12-14-22-74(68)58-78)76-45-39-72(40-46-76)66-17-9-6-10-18-66/h5-60H,1-4H3/b25-23+,26-24+. The van der Waals surface area contributed by atoms with E-state index in [2.05, 4.69) is 377 Å². The lowest BCUT2D eigenvalue weighted by Gasteiger charge is -2.28. The molecule has 0 saturated heterocycles. The minimum atomic E-state index is -0.204. The molecule has 0 aromatic heterocycles. The number of benzene rings is 14. The fraction of sp³-hybridized carbons (Fsp3) is 0.0667. The van der Waals surface area contributed by atoms with E-state index in [-0.39, 0.29) is 10.8 Å². The highest BCUT2D eigenvalue weighted by molar-refractivity contribution is 5.94. The van der Waals surface area contributed by atoms with Crippen molar-refractivity contribution < 1.29 is 0 Å². The van der Waals surface area contributed by atoms with Crippen molar-refractivity contribution in [1.82, 2.24) is 0 Å². The molecule has 2 heteroatoms. The molecule has 0 N–H and O–H groups in total. The summed E-state index contributed by atoms with van der Waals surface area (Å²) in [5.41, 5.74) is 28.9.